The van der Waals surface area contributed by atoms with Crippen molar-refractivity contribution in [1.82, 2.24) is 4.57 Å². The summed E-state index contributed by atoms with van der Waals surface area (Å²) < 4.78 is 12.8. The largest absolute Gasteiger partial charge is 0.458 e. The quantitative estimate of drug-likeness (QED) is 0.861. The highest BCUT2D eigenvalue weighted by Crippen LogP contribution is 2.25. The first-order valence-corrected chi connectivity index (χ1v) is 7.22. The van der Waals surface area contributed by atoms with Crippen LogP contribution in [0.15, 0.2) is 12.3 Å². The van der Waals surface area contributed by atoms with Gasteiger partial charge in [0, 0.05) is 25.8 Å². The van der Waals surface area contributed by atoms with Crippen LogP contribution in [-0.2, 0) is 9.47 Å². The second kappa shape index (κ2) is 6.31. The zero-order valence-electron chi connectivity index (χ0n) is 12.5. The summed E-state index contributed by atoms with van der Waals surface area (Å²) in [6.45, 7) is 4.02. The number of rotatable bonds is 4. The van der Waals surface area contributed by atoms with Gasteiger partial charge >= 0.3 is 5.97 Å². The summed E-state index contributed by atoms with van der Waals surface area (Å²) in [6.07, 6.45) is 5.68. The Bertz CT molecular complexity index is 468. The maximum Gasteiger partial charge on any atom is 0.355 e. The Morgan fingerprint density at radius 3 is 2.75 bits per heavy atom. The summed E-state index contributed by atoms with van der Waals surface area (Å²) in [4.78, 5) is 12.3. The molecule has 1 saturated carbocycles. The van der Waals surface area contributed by atoms with E-state index in [-0.39, 0.29) is 24.2 Å². The summed E-state index contributed by atoms with van der Waals surface area (Å²) in [7, 11) is 1.71. The smallest absolute Gasteiger partial charge is 0.355 e. The van der Waals surface area contributed by atoms with E-state index in [1.807, 2.05) is 18.4 Å². The molecule has 0 aromatic carbocycles. The van der Waals surface area contributed by atoms with Crippen molar-refractivity contribution in [1.29, 1.82) is 0 Å². The molecular weight excluding hydrogens is 256 g/mol. The van der Waals surface area contributed by atoms with Crippen LogP contribution in [0.4, 0.5) is 5.69 Å². The average molecular weight is 280 g/mol. The van der Waals surface area contributed by atoms with Crippen molar-refractivity contribution in [2.75, 3.05) is 12.8 Å². The van der Waals surface area contributed by atoms with Crippen LogP contribution >= 0.6 is 0 Å². The molecule has 1 fully saturated rings. The summed E-state index contributed by atoms with van der Waals surface area (Å²) in [5.74, 6) is -0.294. The molecule has 1 heterocycles. The Morgan fingerprint density at radius 1 is 1.40 bits per heavy atom. The van der Waals surface area contributed by atoms with Crippen LogP contribution in [0.3, 0.4) is 0 Å². The van der Waals surface area contributed by atoms with Crippen molar-refractivity contribution in [3.8, 4) is 0 Å². The lowest BCUT2D eigenvalue weighted by Gasteiger charge is -2.28. The van der Waals surface area contributed by atoms with E-state index < -0.39 is 0 Å². The van der Waals surface area contributed by atoms with Crippen LogP contribution in [-0.4, -0.2) is 29.9 Å². The van der Waals surface area contributed by atoms with Crippen molar-refractivity contribution in [3.63, 3.8) is 0 Å². The molecule has 0 aliphatic heterocycles. The molecule has 1 aromatic rings. The number of hydrogen-bond donors (Lipinski definition) is 1. The first-order valence-electron chi connectivity index (χ1n) is 7.22. The second-order valence-electron chi connectivity index (χ2n) is 5.71. The lowest BCUT2D eigenvalue weighted by molar-refractivity contribution is -0.0156. The Kier molecular flexibility index (Phi) is 4.70. The van der Waals surface area contributed by atoms with E-state index >= 15 is 0 Å². The molecule has 0 bridgehead atoms. The first-order chi connectivity index (χ1) is 9.51. The molecule has 5 heteroatoms. The number of carbonyl (C=O) groups is 1. The van der Waals surface area contributed by atoms with E-state index in [9.17, 15) is 4.79 Å². The van der Waals surface area contributed by atoms with E-state index in [1.165, 1.54) is 0 Å². The highest BCUT2D eigenvalue weighted by Gasteiger charge is 2.26. The topological polar surface area (TPSA) is 66.5 Å². The summed E-state index contributed by atoms with van der Waals surface area (Å²) in [5, 5.41) is 0. The Morgan fingerprint density at radius 2 is 2.10 bits per heavy atom. The maximum atomic E-state index is 12.3. The van der Waals surface area contributed by atoms with Gasteiger partial charge in [0.25, 0.3) is 0 Å². The molecule has 112 valence electrons. The Labute approximate surface area is 120 Å². The standard InChI is InChI=1S/C15H24N2O3/c1-10(2)17-9-11(16)7-14(17)15(18)20-13-6-4-5-12(8-13)19-3/h7,9-10,12-13H,4-6,8,16H2,1-3H3. The molecule has 2 N–H and O–H groups in total. The predicted molar refractivity (Wildman–Crippen MR) is 77.7 cm³/mol. The van der Waals surface area contributed by atoms with Gasteiger partial charge in [0.1, 0.15) is 11.8 Å². The van der Waals surface area contributed by atoms with Crippen LogP contribution in [0.1, 0.15) is 56.1 Å². The van der Waals surface area contributed by atoms with E-state index in [2.05, 4.69) is 0 Å². The number of esters is 1. The van der Waals surface area contributed by atoms with Gasteiger partial charge in [-0.2, -0.15) is 0 Å². The fourth-order valence-corrected chi connectivity index (χ4v) is 2.73. The van der Waals surface area contributed by atoms with Crippen molar-refractivity contribution in [3.05, 3.63) is 18.0 Å². The third-order valence-corrected chi connectivity index (χ3v) is 3.82. The van der Waals surface area contributed by atoms with Crippen molar-refractivity contribution < 1.29 is 14.3 Å². The lowest BCUT2D eigenvalue weighted by atomic mass is 9.95. The molecule has 1 aromatic heterocycles. The third-order valence-electron chi connectivity index (χ3n) is 3.82. The summed E-state index contributed by atoms with van der Waals surface area (Å²) in [6, 6.07) is 1.85. The number of aromatic nitrogens is 1. The zero-order chi connectivity index (χ0) is 14.7. The zero-order valence-corrected chi connectivity index (χ0v) is 12.5. The molecule has 20 heavy (non-hydrogen) atoms. The number of nitrogen functional groups attached to an aromatic ring is 1. The fourth-order valence-electron chi connectivity index (χ4n) is 2.73. The molecular formula is C15H24N2O3. The Hall–Kier alpha value is -1.49. The first kappa shape index (κ1) is 14.9. The minimum absolute atomic E-state index is 0.0575. The van der Waals surface area contributed by atoms with Crippen LogP contribution in [0.25, 0.3) is 0 Å². The molecule has 5 nitrogen and oxygen atoms in total. The van der Waals surface area contributed by atoms with Crippen molar-refractivity contribution in [2.24, 2.45) is 0 Å². The normalized spacial score (nSPS) is 23.0. The molecule has 0 spiro atoms. The number of nitrogens with two attached hydrogens (primary N) is 1. The van der Waals surface area contributed by atoms with Gasteiger partial charge < -0.3 is 19.8 Å². The summed E-state index contributed by atoms with van der Waals surface area (Å²) in [5.41, 5.74) is 6.90. The van der Waals surface area contributed by atoms with E-state index in [0.717, 1.165) is 25.7 Å². The highest BCUT2D eigenvalue weighted by molar-refractivity contribution is 5.89. The summed E-state index contributed by atoms with van der Waals surface area (Å²) >= 11 is 0. The monoisotopic (exact) mass is 280 g/mol. The molecule has 0 saturated heterocycles. The Balaban J connectivity index is 2.04. The number of ether oxygens (including phenoxy) is 2. The van der Waals surface area contributed by atoms with E-state index in [1.54, 1.807) is 19.4 Å². The maximum absolute atomic E-state index is 12.3. The lowest BCUT2D eigenvalue weighted by Crippen LogP contribution is -2.30. The fraction of sp³-hybridized carbons (Fsp3) is 0.667. The highest BCUT2D eigenvalue weighted by atomic mass is 16.5. The minimum atomic E-state index is -0.294. The number of anilines is 1. The molecule has 2 unspecified atom stereocenters. The van der Waals surface area contributed by atoms with Gasteiger partial charge in [0.15, 0.2) is 0 Å². The van der Waals surface area contributed by atoms with Crippen LogP contribution in [0.5, 0.6) is 0 Å². The van der Waals surface area contributed by atoms with Crippen LogP contribution in [0.2, 0.25) is 0 Å². The van der Waals surface area contributed by atoms with Crippen LogP contribution in [0, 0.1) is 0 Å². The average Bonchev–Trinajstić information content (AvgIpc) is 2.81. The van der Waals surface area contributed by atoms with Gasteiger partial charge in [-0.15, -0.1) is 0 Å². The number of methoxy groups -OCH3 is 1. The van der Waals surface area contributed by atoms with Crippen molar-refractivity contribution in [2.45, 2.75) is 57.8 Å². The van der Waals surface area contributed by atoms with Gasteiger partial charge in [-0.05, 0) is 39.2 Å². The SMILES string of the molecule is COC1CCCC(OC(=O)c2cc(N)cn2C(C)C)C1. The number of hydrogen-bond acceptors (Lipinski definition) is 4. The van der Waals surface area contributed by atoms with E-state index in [4.69, 9.17) is 15.2 Å². The predicted octanol–water partition coefficient (Wildman–Crippen LogP) is 2.77. The van der Waals surface area contributed by atoms with Crippen LogP contribution < -0.4 is 5.73 Å². The van der Waals surface area contributed by atoms with Gasteiger partial charge in [-0.3, -0.25) is 0 Å². The molecule has 0 radical (unpaired) electrons. The molecule has 0 amide bonds. The third kappa shape index (κ3) is 3.33. The number of nitrogens with zero attached hydrogens (tertiary/aromatic N) is 1. The second-order valence-corrected chi connectivity index (χ2v) is 5.71. The van der Waals surface area contributed by atoms with E-state index in [0.29, 0.717) is 11.4 Å². The molecule has 2 rings (SSSR count). The van der Waals surface area contributed by atoms with Crippen molar-refractivity contribution >= 4 is 11.7 Å². The van der Waals surface area contributed by atoms with Gasteiger partial charge in [0.2, 0.25) is 0 Å². The van der Waals surface area contributed by atoms with Gasteiger partial charge in [-0.25, -0.2) is 4.79 Å². The van der Waals surface area contributed by atoms with Gasteiger partial charge in [0.05, 0.1) is 11.8 Å². The molecule has 1 aliphatic rings. The minimum Gasteiger partial charge on any atom is -0.458 e. The van der Waals surface area contributed by atoms with Gasteiger partial charge in [-0.1, -0.05) is 0 Å². The number of carbonyl (C=O) groups excluding carboxylic acids is 1. The molecule has 2 atom stereocenters. The molecule has 1 aliphatic carbocycles.